The van der Waals surface area contributed by atoms with Crippen LogP contribution >= 0.6 is 0 Å². The zero-order chi connectivity index (χ0) is 14.8. The highest BCUT2D eigenvalue weighted by atomic mass is 32.2. The van der Waals surface area contributed by atoms with Crippen LogP contribution in [0.1, 0.15) is 11.4 Å². The van der Waals surface area contributed by atoms with Crippen molar-refractivity contribution in [3.63, 3.8) is 0 Å². The molecule has 0 aliphatic carbocycles. The molecule has 2 rings (SSSR count). The zero-order valence-corrected chi connectivity index (χ0v) is 10.8. The van der Waals surface area contributed by atoms with Crippen molar-refractivity contribution in [3.05, 3.63) is 41.5 Å². The van der Waals surface area contributed by atoms with Crippen LogP contribution in [0.2, 0.25) is 0 Å². The number of rotatable bonds is 5. The molecule has 0 aliphatic heterocycles. The number of nitrogens with two attached hydrogens (primary N) is 1. The average Bonchev–Trinajstić information content (AvgIpc) is 2.90. The molecule has 0 bridgehead atoms. The first-order chi connectivity index (χ1) is 9.45. The predicted octanol–water partition coefficient (Wildman–Crippen LogP) is 0.285. The van der Waals surface area contributed by atoms with Gasteiger partial charge in [-0.1, -0.05) is 5.16 Å². The topological polar surface area (TPSA) is 111 Å². The van der Waals surface area contributed by atoms with Crippen molar-refractivity contribution >= 4 is 10.0 Å². The second kappa shape index (κ2) is 5.61. The third kappa shape index (κ3) is 2.81. The van der Waals surface area contributed by atoms with Crippen LogP contribution < -0.4 is 10.5 Å². The van der Waals surface area contributed by atoms with Crippen LogP contribution in [0.25, 0.3) is 0 Å². The fourth-order valence-electron chi connectivity index (χ4n) is 1.48. The molecule has 0 radical (unpaired) electrons. The first kappa shape index (κ1) is 14.5. The summed E-state index contributed by atoms with van der Waals surface area (Å²) in [6.45, 7) is -0.737. The number of hydrogen-bond donors (Lipinski definition) is 2. The maximum absolute atomic E-state index is 13.9. The van der Waals surface area contributed by atoms with E-state index in [0.29, 0.717) is 0 Å². The monoisotopic (exact) mass is 304 g/mol. The molecular formula is C10H10F2N4O3S. The van der Waals surface area contributed by atoms with E-state index in [9.17, 15) is 17.2 Å². The Morgan fingerprint density at radius 2 is 2.10 bits per heavy atom. The van der Waals surface area contributed by atoms with Gasteiger partial charge in [0.2, 0.25) is 16.4 Å². The van der Waals surface area contributed by atoms with E-state index in [-0.39, 0.29) is 12.4 Å². The molecule has 2 aromatic rings. The van der Waals surface area contributed by atoms with Gasteiger partial charge in [0.15, 0.2) is 11.6 Å². The fourth-order valence-corrected chi connectivity index (χ4v) is 2.56. The van der Waals surface area contributed by atoms with E-state index in [4.69, 9.17) is 5.73 Å². The summed E-state index contributed by atoms with van der Waals surface area (Å²) in [6.07, 6.45) is 1.02. The molecule has 3 N–H and O–H groups in total. The van der Waals surface area contributed by atoms with Crippen LogP contribution in [0, 0.1) is 11.6 Å². The van der Waals surface area contributed by atoms with E-state index in [1.807, 2.05) is 0 Å². The first-order valence-corrected chi connectivity index (χ1v) is 6.86. The third-order valence-corrected chi connectivity index (χ3v) is 3.89. The Morgan fingerprint density at radius 3 is 2.70 bits per heavy atom. The third-order valence-electron chi connectivity index (χ3n) is 2.47. The smallest absolute Gasteiger partial charge is 0.243 e. The maximum atomic E-state index is 13.9. The summed E-state index contributed by atoms with van der Waals surface area (Å²) in [5.74, 6) is -2.04. The van der Waals surface area contributed by atoms with Crippen LogP contribution in [0.5, 0.6) is 0 Å². The zero-order valence-electron chi connectivity index (χ0n) is 10.0. The molecule has 1 heterocycles. The van der Waals surface area contributed by atoms with Gasteiger partial charge in [0.25, 0.3) is 0 Å². The molecule has 10 heteroatoms. The van der Waals surface area contributed by atoms with Gasteiger partial charge < -0.3 is 10.3 Å². The number of benzene rings is 1. The molecule has 1 aromatic heterocycles. The van der Waals surface area contributed by atoms with Crippen molar-refractivity contribution < 1.29 is 21.7 Å². The minimum atomic E-state index is -4.19. The average molecular weight is 304 g/mol. The minimum Gasteiger partial charge on any atom is -0.343 e. The molecule has 0 unspecified atom stereocenters. The van der Waals surface area contributed by atoms with Gasteiger partial charge >= 0.3 is 0 Å². The molecule has 7 nitrogen and oxygen atoms in total. The normalized spacial score (nSPS) is 11.8. The number of halogens is 2. The van der Waals surface area contributed by atoms with Crippen LogP contribution in [0.3, 0.4) is 0 Å². The number of hydrogen-bond acceptors (Lipinski definition) is 6. The highest BCUT2D eigenvalue weighted by Gasteiger charge is 2.23. The molecule has 1 aromatic carbocycles. The van der Waals surface area contributed by atoms with Gasteiger partial charge in [-0.05, 0) is 12.1 Å². The van der Waals surface area contributed by atoms with Crippen molar-refractivity contribution in [3.8, 4) is 0 Å². The molecule has 0 fully saturated rings. The van der Waals surface area contributed by atoms with Crippen LogP contribution in [0.15, 0.2) is 27.9 Å². The lowest BCUT2D eigenvalue weighted by Gasteiger charge is -2.09. The number of aromatic nitrogens is 2. The van der Waals surface area contributed by atoms with E-state index in [1.54, 1.807) is 0 Å². The molecule has 108 valence electrons. The molecular weight excluding hydrogens is 294 g/mol. The highest BCUT2D eigenvalue weighted by Crippen LogP contribution is 2.20. The van der Waals surface area contributed by atoms with Gasteiger partial charge in [-0.25, -0.2) is 21.9 Å². The highest BCUT2D eigenvalue weighted by molar-refractivity contribution is 7.89. The van der Waals surface area contributed by atoms with Crippen molar-refractivity contribution in [1.82, 2.24) is 14.9 Å². The standard InChI is InChI=1S/C10H10F2N4O3S/c11-7-1-2-8(10(12)6(7)3-13)20(17,18)15-4-9-14-5-19-16-9/h1-2,5,15H,3-4,13H2. The van der Waals surface area contributed by atoms with Crippen molar-refractivity contribution in [2.75, 3.05) is 0 Å². The minimum absolute atomic E-state index is 0.0788. The fraction of sp³-hybridized carbons (Fsp3) is 0.200. The van der Waals surface area contributed by atoms with E-state index < -0.39 is 38.7 Å². The van der Waals surface area contributed by atoms with Crippen LogP contribution in [0.4, 0.5) is 8.78 Å². The Kier molecular flexibility index (Phi) is 4.06. The van der Waals surface area contributed by atoms with Gasteiger partial charge in [0, 0.05) is 12.1 Å². The lowest BCUT2D eigenvalue weighted by Crippen LogP contribution is -2.25. The number of sulfonamides is 1. The molecule has 0 saturated carbocycles. The van der Waals surface area contributed by atoms with Crippen molar-refractivity contribution in [2.24, 2.45) is 5.73 Å². The predicted molar refractivity (Wildman–Crippen MR) is 62.6 cm³/mol. The SMILES string of the molecule is NCc1c(F)ccc(S(=O)(=O)NCc2ncon2)c1F. The van der Waals surface area contributed by atoms with Gasteiger partial charge in [-0.3, -0.25) is 0 Å². The number of nitrogens with one attached hydrogen (secondary N) is 1. The Morgan fingerprint density at radius 1 is 1.35 bits per heavy atom. The van der Waals surface area contributed by atoms with Crippen molar-refractivity contribution in [2.45, 2.75) is 18.0 Å². The summed E-state index contributed by atoms with van der Waals surface area (Å²) < 4.78 is 57.5. The number of nitrogens with zero attached hydrogens (tertiary/aromatic N) is 2. The summed E-state index contributed by atoms with van der Waals surface area (Å²) in [5.41, 5.74) is 4.69. The van der Waals surface area contributed by atoms with Gasteiger partial charge in [0.05, 0.1) is 6.54 Å². The van der Waals surface area contributed by atoms with Crippen LogP contribution in [-0.2, 0) is 23.1 Å². The van der Waals surface area contributed by atoms with E-state index in [1.165, 1.54) is 0 Å². The van der Waals surface area contributed by atoms with E-state index >= 15 is 0 Å². The molecule has 0 saturated heterocycles. The summed E-state index contributed by atoms with van der Waals surface area (Å²) in [5, 5.41) is 3.40. The molecule has 0 aliphatic rings. The lowest BCUT2D eigenvalue weighted by atomic mass is 10.2. The summed E-state index contributed by atoms with van der Waals surface area (Å²) in [6, 6.07) is 1.66. The summed E-state index contributed by atoms with van der Waals surface area (Å²) in [7, 11) is -4.19. The van der Waals surface area contributed by atoms with E-state index in [0.717, 1.165) is 18.5 Å². The molecule has 0 amide bonds. The maximum Gasteiger partial charge on any atom is 0.243 e. The lowest BCUT2D eigenvalue weighted by molar-refractivity contribution is 0.409. The van der Waals surface area contributed by atoms with Crippen LogP contribution in [-0.4, -0.2) is 18.6 Å². The van der Waals surface area contributed by atoms with E-state index in [2.05, 4.69) is 19.4 Å². The van der Waals surface area contributed by atoms with Gasteiger partial charge in [-0.2, -0.15) is 4.98 Å². The Labute approximate surface area is 112 Å². The Balaban J connectivity index is 2.30. The first-order valence-electron chi connectivity index (χ1n) is 5.37. The molecule has 20 heavy (non-hydrogen) atoms. The largest absolute Gasteiger partial charge is 0.343 e. The molecule has 0 atom stereocenters. The second-order valence-electron chi connectivity index (χ2n) is 3.71. The van der Waals surface area contributed by atoms with Gasteiger partial charge in [0.1, 0.15) is 10.7 Å². The van der Waals surface area contributed by atoms with Crippen molar-refractivity contribution in [1.29, 1.82) is 0 Å². The summed E-state index contributed by atoms with van der Waals surface area (Å²) in [4.78, 5) is 2.91. The summed E-state index contributed by atoms with van der Waals surface area (Å²) >= 11 is 0. The molecule has 0 spiro atoms. The quantitative estimate of drug-likeness (QED) is 0.821. The Hall–Kier alpha value is -1.91. The second-order valence-corrected chi connectivity index (χ2v) is 5.45. The Bertz CT molecular complexity index is 704. The van der Waals surface area contributed by atoms with Gasteiger partial charge in [-0.15, -0.1) is 0 Å².